The topological polar surface area (TPSA) is 92.7 Å². The van der Waals surface area contributed by atoms with Crippen LogP contribution in [0.3, 0.4) is 0 Å². The van der Waals surface area contributed by atoms with Gasteiger partial charge < -0.3 is 15.2 Å². The second kappa shape index (κ2) is 7.94. The average molecular weight is 418 g/mol. The molecule has 7 heteroatoms. The van der Waals surface area contributed by atoms with Crippen LogP contribution in [0.5, 0.6) is 0 Å². The third-order valence-electron chi connectivity index (χ3n) is 6.29. The second-order valence-corrected chi connectivity index (χ2v) is 9.64. The molecule has 1 aromatic heterocycles. The molecule has 6 nitrogen and oxygen atoms in total. The van der Waals surface area contributed by atoms with E-state index in [0.717, 1.165) is 49.0 Å². The van der Waals surface area contributed by atoms with Crippen LogP contribution >= 0.6 is 11.3 Å². The number of ether oxygens (including phenoxy) is 1. The van der Waals surface area contributed by atoms with Crippen LogP contribution in [-0.4, -0.2) is 29.1 Å². The van der Waals surface area contributed by atoms with Crippen molar-refractivity contribution >= 4 is 34.2 Å². The van der Waals surface area contributed by atoms with E-state index < -0.39 is 23.8 Å². The van der Waals surface area contributed by atoms with Gasteiger partial charge in [-0.2, -0.15) is 0 Å². The molecule has 4 aliphatic rings. The molecule has 5 rings (SSSR count). The Morgan fingerprint density at radius 2 is 1.76 bits per heavy atom. The first-order valence-corrected chi connectivity index (χ1v) is 11.3. The Hall–Kier alpha value is -2.15. The zero-order valence-electron chi connectivity index (χ0n) is 16.8. The number of hydrogen-bond donors (Lipinski definition) is 2. The summed E-state index contributed by atoms with van der Waals surface area (Å²) in [6, 6.07) is 0. The number of anilines is 1. The number of esters is 1. The standard InChI is InChI=1S/C22H27NO5S/c1-11(2)28-22(27)18-14-5-3-4-6-15(14)29-20(18)23-19(24)16-12-7-9-13(10-8-12)17(16)21(25)26/h7,9,11-13,16-17H,3-6,8,10H2,1-2H3,(H,23,24)(H,25,26)/t12-,13-,16+,17-/m0/s1. The van der Waals surface area contributed by atoms with Gasteiger partial charge in [-0.25, -0.2) is 4.79 Å². The largest absolute Gasteiger partial charge is 0.481 e. The summed E-state index contributed by atoms with van der Waals surface area (Å²) in [5.74, 6) is -3.11. The third kappa shape index (κ3) is 3.72. The van der Waals surface area contributed by atoms with Crippen molar-refractivity contribution in [1.82, 2.24) is 0 Å². The number of fused-ring (bicyclic) bond motifs is 3. The summed E-state index contributed by atoms with van der Waals surface area (Å²) in [6.07, 6.45) is 9.10. The highest BCUT2D eigenvalue weighted by Crippen LogP contribution is 2.46. The summed E-state index contributed by atoms with van der Waals surface area (Å²) in [7, 11) is 0. The summed E-state index contributed by atoms with van der Waals surface area (Å²) < 4.78 is 5.45. The fourth-order valence-corrected chi connectivity index (χ4v) is 6.31. The summed E-state index contributed by atoms with van der Waals surface area (Å²) in [4.78, 5) is 39.0. The summed E-state index contributed by atoms with van der Waals surface area (Å²) in [5, 5.41) is 13.2. The number of thiophene rings is 1. The van der Waals surface area contributed by atoms with Crippen molar-refractivity contribution in [3.63, 3.8) is 0 Å². The van der Waals surface area contributed by atoms with Gasteiger partial charge in [0.05, 0.1) is 23.5 Å². The van der Waals surface area contributed by atoms with Crippen molar-refractivity contribution in [2.24, 2.45) is 23.7 Å². The van der Waals surface area contributed by atoms with E-state index >= 15 is 0 Å². The number of allylic oxidation sites excluding steroid dienone is 2. The van der Waals surface area contributed by atoms with Crippen molar-refractivity contribution in [3.8, 4) is 0 Å². The van der Waals surface area contributed by atoms with Crippen LogP contribution in [-0.2, 0) is 27.2 Å². The Morgan fingerprint density at radius 3 is 2.38 bits per heavy atom. The molecule has 1 amide bonds. The van der Waals surface area contributed by atoms with Crippen LogP contribution in [0.2, 0.25) is 0 Å². The molecule has 2 bridgehead atoms. The zero-order valence-corrected chi connectivity index (χ0v) is 17.6. The van der Waals surface area contributed by atoms with Gasteiger partial charge in [0.25, 0.3) is 0 Å². The molecule has 0 radical (unpaired) electrons. The van der Waals surface area contributed by atoms with Crippen molar-refractivity contribution in [2.75, 3.05) is 5.32 Å². The van der Waals surface area contributed by atoms with Gasteiger partial charge in [0, 0.05) is 4.88 Å². The van der Waals surface area contributed by atoms with E-state index in [1.54, 1.807) is 13.8 Å². The minimum absolute atomic E-state index is 0.0678. The number of nitrogens with one attached hydrogen (secondary N) is 1. The van der Waals surface area contributed by atoms with Crippen LogP contribution in [0.25, 0.3) is 0 Å². The van der Waals surface area contributed by atoms with E-state index in [0.29, 0.717) is 10.6 Å². The molecule has 0 aliphatic heterocycles. The van der Waals surface area contributed by atoms with Gasteiger partial charge in [-0.15, -0.1) is 11.3 Å². The highest BCUT2D eigenvalue weighted by atomic mass is 32.1. The number of carboxylic acid groups (broad SMARTS) is 1. The molecule has 156 valence electrons. The first-order chi connectivity index (χ1) is 13.9. The zero-order chi connectivity index (χ0) is 20.7. The van der Waals surface area contributed by atoms with Crippen LogP contribution in [0.1, 0.15) is 60.3 Å². The molecular formula is C22H27NO5S. The lowest BCUT2D eigenvalue weighted by molar-refractivity contribution is -0.151. The van der Waals surface area contributed by atoms with Gasteiger partial charge in [-0.1, -0.05) is 12.2 Å². The van der Waals surface area contributed by atoms with Crippen LogP contribution in [0.4, 0.5) is 5.00 Å². The number of amides is 1. The summed E-state index contributed by atoms with van der Waals surface area (Å²) in [6.45, 7) is 3.61. The molecule has 0 spiro atoms. The number of aryl methyl sites for hydroxylation is 1. The predicted molar refractivity (Wildman–Crippen MR) is 110 cm³/mol. The van der Waals surface area contributed by atoms with Crippen molar-refractivity contribution in [2.45, 2.75) is 58.5 Å². The number of aliphatic carboxylic acids is 1. The van der Waals surface area contributed by atoms with E-state index in [2.05, 4.69) is 5.32 Å². The maximum absolute atomic E-state index is 13.2. The SMILES string of the molecule is CC(C)OC(=O)c1c(NC(=O)[C@H]2[C@@H](C(=O)O)[C@H]3C=C[C@H]2CC3)sc2c1CCCC2. The van der Waals surface area contributed by atoms with E-state index in [1.807, 2.05) is 12.2 Å². The van der Waals surface area contributed by atoms with Gasteiger partial charge in [-0.05, 0) is 69.8 Å². The normalized spacial score (nSPS) is 27.6. The molecule has 1 saturated carbocycles. The molecule has 2 N–H and O–H groups in total. The highest BCUT2D eigenvalue weighted by Gasteiger charge is 2.48. The monoisotopic (exact) mass is 417 g/mol. The molecular weight excluding hydrogens is 390 g/mol. The lowest BCUT2D eigenvalue weighted by Gasteiger charge is -2.41. The van der Waals surface area contributed by atoms with Crippen molar-refractivity contribution < 1.29 is 24.2 Å². The lowest BCUT2D eigenvalue weighted by Crippen LogP contribution is -2.47. The smallest absolute Gasteiger partial charge is 0.341 e. The minimum atomic E-state index is -0.922. The van der Waals surface area contributed by atoms with Gasteiger partial charge in [-0.3, -0.25) is 9.59 Å². The van der Waals surface area contributed by atoms with Crippen LogP contribution in [0.15, 0.2) is 12.2 Å². The number of carbonyl (C=O) groups is 3. The lowest BCUT2D eigenvalue weighted by atomic mass is 9.62. The van der Waals surface area contributed by atoms with E-state index in [-0.39, 0.29) is 23.8 Å². The second-order valence-electron chi connectivity index (χ2n) is 8.54. The Morgan fingerprint density at radius 1 is 1.10 bits per heavy atom. The third-order valence-corrected chi connectivity index (χ3v) is 7.50. The van der Waals surface area contributed by atoms with Gasteiger partial charge >= 0.3 is 11.9 Å². The fraction of sp³-hybridized carbons (Fsp3) is 0.591. The predicted octanol–water partition coefficient (Wildman–Crippen LogP) is 4.04. The molecule has 4 aliphatic carbocycles. The molecule has 0 saturated heterocycles. The van der Waals surface area contributed by atoms with E-state index in [9.17, 15) is 19.5 Å². The van der Waals surface area contributed by atoms with Crippen molar-refractivity contribution in [1.29, 1.82) is 0 Å². The fourth-order valence-electron chi connectivity index (χ4n) is 5.03. The molecule has 1 fully saturated rings. The molecule has 1 heterocycles. The summed E-state index contributed by atoms with van der Waals surface area (Å²) in [5.41, 5.74) is 1.46. The molecule has 1 aromatic rings. The Balaban J connectivity index is 1.64. The van der Waals surface area contributed by atoms with Crippen LogP contribution in [0, 0.1) is 23.7 Å². The quantitative estimate of drug-likeness (QED) is 0.557. The van der Waals surface area contributed by atoms with Gasteiger partial charge in [0.2, 0.25) is 5.91 Å². The maximum atomic E-state index is 13.2. The van der Waals surface area contributed by atoms with E-state index in [1.165, 1.54) is 11.3 Å². The van der Waals surface area contributed by atoms with Gasteiger partial charge in [0.1, 0.15) is 5.00 Å². The van der Waals surface area contributed by atoms with Crippen LogP contribution < -0.4 is 5.32 Å². The highest BCUT2D eigenvalue weighted by molar-refractivity contribution is 7.17. The van der Waals surface area contributed by atoms with E-state index in [4.69, 9.17) is 4.74 Å². The van der Waals surface area contributed by atoms with Crippen molar-refractivity contribution in [3.05, 3.63) is 28.2 Å². The molecule has 0 unspecified atom stereocenters. The first kappa shape index (κ1) is 20.1. The Kier molecular flexibility index (Phi) is 5.51. The number of carbonyl (C=O) groups excluding carboxylic acids is 2. The Bertz CT molecular complexity index is 871. The molecule has 4 atom stereocenters. The molecule has 29 heavy (non-hydrogen) atoms. The Labute approximate surface area is 174 Å². The number of hydrogen-bond acceptors (Lipinski definition) is 5. The number of rotatable bonds is 5. The first-order valence-electron chi connectivity index (χ1n) is 10.4. The summed E-state index contributed by atoms with van der Waals surface area (Å²) >= 11 is 1.44. The minimum Gasteiger partial charge on any atom is -0.481 e. The number of carboxylic acids is 1. The maximum Gasteiger partial charge on any atom is 0.341 e. The molecule has 0 aromatic carbocycles. The average Bonchev–Trinajstić information content (AvgIpc) is 3.05. The van der Waals surface area contributed by atoms with Gasteiger partial charge in [0.15, 0.2) is 0 Å².